The minimum absolute atomic E-state index is 0.820. The molecule has 0 fully saturated rings. The third-order valence-electron chi connectivity index (χ3n) is 3.85. The molecule has 0 unspecified atom stereocenters. The van der Waals surface area contributed by atoms with Crippen LogP contribution < -0.4 is 0 Å². The molecule has 0 aliphatic heterocycles. The second-order valence-corrected chi connectivity index (χ2v) is 16.0. The van der Waals surface area contributed by atoms with Gasteiger partial charge in [-0.3, -0.25) is 0 Å². The Morgan fingerprint density at radius 3 is 2.00 bits per heavy atom. The van der Waals surface area contributed by atoms with Crippen molar-refractivity contribution in [3.63, 3.8) is 0 Å². The van der Waals surface area contributed by atoms with Gasteiger partial charge in [0.05, 0.1) is 0 Å². The summed E-state index contributed by atoms with van der Waals surface area (Å²) in [5, 5.41) is 5.04. The van der Waals surface area contributed by atoms with E-state index < -0.39 is 13.3 Å². The third kappa shape index (κ3) is 4.52. The Morgan fingerprint density at radius 2 is 1.53 bits per heavy atom. The van der Waals surface area contributed by atoms with E-state index in [2.05, 4.69) is 43.9 Å². The van der Waals surface area contributed by atoms with E-state index in [-0.39, 0.29) is 0 Å². The van der Waals surface area contributed by atoms with Gasteiger partial charge in [-0.05, 0) is 0 Å². The monoisotopic (exact) mass is 312 g/mol. The van der Waals surface area contributed by atoms with Crippen LogP contribution in [0, 0.1) is 0 Å². The Labute approximate surface area is 113 Å². The van der Waals surface area contributed by atoms with Crippen LogP contribution in [0.25, 0.3) is 0 Å². The number of halogens is 1. The normalized spacial score (nSPS) is 12.2. The summed E-state index contributed by atoms with van der Waals surface area (Å²) >= 11 is 4.27. The fourth-order valence-electron chi connectivity index (χ4n) is 2.17. The predicted octanol–water partition coefficient (Wildman–Crippen LogP) is 5.49. The molecule has 1 aromatic carbocycles. The van der Waals surface area contributed by atoms with E-state index >= 15 is 0 Å². The molecule has 0 bridgehead atoms. The second-order valence-electron chi connectivity index (χ2n) is 4.66. The quantitative estimate of drug-likeness (QED) is 0.610. The summed E-state index contributed by atoms with van der Waals surface area (Å²) < 4.78 is 0. The van der Waals surface area contributed by atoms with Gasteiger partial charge in [0, 0.05) is 0 Å². The molecule has 0 atom stereocenters. The molecule has 0 nitrogen and oxygen atoms in total. The van der Waals surface area contributed by atoms with Crippen LogP contribution in [0.15, 0.2) is 35.3 Å². The molecule has 0 N–H and O–H groups in total. The van der Waals surface area contributed by atoms with E-state index in [0.717, 1.165) is 11.4 Å². The Kier molecular flexibility index (Phi) is 6.36. The molecule has 0 heterocycles. The Bertz CT molecular complexity index is 341. The van der Waals surface area contributed by atoms with Crippen LogP contribution in [0.2, 0.25) is 20.8 Å². The first kappa shape index (κ1) is 14.9. The van der Waals surface area contributed by atoms with E-state index in [0.29, 0.717) is 0 Å². The topological polar surface area (TPSA) is 0 Å². The summed E-state index contributed by atoms with van der Waals surface area (Å²) in [6, 6.07) is 8.17. The summed E-state index contributed by atoms with van der Waals surface area (Å²) in [4.78, 5) is 2.59. The van der Waals surface area contributed by atoms with Crippen LogP contribution in [0.4, 0.5) is 0 Å². The molecule has 1 aromatic rings. The first-order chi connectivity index (χ1) is 8.15. The van der Waals surface area contributed by atoms with Gasteiger partial charge in [-0.2, -0.15) is 0 Å². The van der Waals surface area contributed by atoms with E-state index in [1.807, 2.05) is 12.1 Å². The van der Waals surface area contributed by atoms with Crippen molar-refractivity contribution < 1.29 is 0 Å². The maximum atomic E-state index is 5.88. The summed E-state index contributed by atoms with van der Waals surface area (Å²) in [6.07, 6.45) is 3.43. The van der Waals surface area contributed by atoms with Crippen molar-refractivity contribution >= 4 is 24.9 Å². The van der Waals surface area contributed by atoms with Crippen molar-refractivity contribution in [1.82, 2.24) is 0 Å². The number of benzene rings is 1. The first-order valence-electron chi connectivity index (χ1n) is 6.58. The van der Waals surface area contributed by atoms with Crippen LogP contribution in [0.5, 0.6) is 0 Å². The average molecular weight is 311 g/mol. The van der Waals surface area contributed by atoms with E-state index in [1.165, 1.54) is 21.3 Å². The zero-order valence-corrected chi connectivity index (χ0v) is 14.0. The van der Waals surface area contributed by atoms with Gasteiger partial charge < -0.3 is 0 Å². The molecule has 0 aromatic heterocycles. The van der Waals surface area contributed by atoms with E-state index in [4.69, 9.17) is 11.6 Å². The minimum atomic E-state index is -1.61. The van der Waals surface area contributed by atoms with Crippen molar-refractivity contribution in [3.05, 3.63) is 45.8 Å². The Hall–Kier alpha value is -0.207. The van der Waals surface area contributed by atoms with Crippen molar-refractivity contribution in [3.8, 4) is 0 Å². The van der Waals surface area contributed by atoms with Crippen molar-refractivity contribution in [2.45, 2.75) is 43.0 Å². The van der Waals surface area contributed by atoms with Gasteiger partial charge in [-0.15, -0.1) is 0 Å². The summed E-state index contributed by atoms with van der Waals surface area (Å²) in [6.45, 7) is 7.08. The molecule has 0 radical (unpaired) electrons. The summed E-state index contributed by atoms with van der Waals surface area (Å²) in [7, 11) is 0. The zero-order valence-electron chi connectivity index (χ0n) is 11.2. The average Bonchev–Trinajstić information content (AvgIpc) is 2.38. The molecular weight excluding hydrogens is 288 g/mol. The number of rotatable bonds is 6. The predicted molar refractivity (Wildman–Crippen MR) is 81.5 cm³/mol. The van der Waals surface area contributed by atoms with Gasteiger partial charge in [0.2, 0.25) is 0 Å². The number of allylic oxidation sites excluding steroid dienone is 1. The Balaban J connectivity index is 2.62. The molecule has 0 spiro atoms. The first-order valence-corrected chi connectivity index (χ1v) is 12.6. The maximum absolute atomic E-state index is 5.88. The molecule has 2 heteroatoms. The molecule has 94 valence electrons. The van der Waals surface area contributed by atoms with E-state index in [1.54, 1.807) is 0 Å². The fraction of sp³-hybridized carbons (Fsp3) is 0.467. The SMILES string of the molecule is C[CH2][Ge](/[CH]=C/Cc1ccc(Cl)cc1)([CH2]C)[CH2]C. The standard InChI is InChI=1S/C15H23ClGe/c1-4-17(5-2,6-3)13-7-8-14-9-11-15(16)12-10-14/h7,9-13H,4-6,8H2,1-3H3/b13-7+. The van der Waals surface area contributed by atoms with Crippen molar-refractivity contribution in [1.29, 1.82) is 0 Å². The second kappa shape index (κ2) is 7.28. The number of hydrogen-bond acceptors (Lipinski definition) is 0. The van der Waals surface area contributed by atoms with Crippen molar-refractivity contribution in [2.75, 3.05) is 0 Å². The van der Waals surface area contributed by atoms with Crippen LogP contribution in [-0.4, -0.2) is 13.3 Å². The van der Waals surface area contributed by atoms with Crippen LogP contribution in [0.3, 0.4) is 0 Å². The molecule has 0 aliphatic rings. The molecule has 0 saturated carbocycles. The number of hydrogen-bond donors (Lipinski definition) is 0. The van der Waals surface area contributed by atoms with Crippen molar-refractivity contribution in [2.24, 2.45) is 0 Å². The van der Waals surface area contributed by atoms with Gasteiger partial charge in [0.25, 0.3) is 0 Å². The Morgan fingerprint density at radius 1 is 1.00 bits per heavy atom. The molecular formula is C15H23ClGe. The summed E-state index contributed by atoms with van der Waals surface area (Å²) in [5.41, 5.74) is 1.35. The third-order valence-corrected chi connectivity index (χ3v) is 14.9. The van der Waals surface area contributed by atoms with Gasteiger partial charge >= 0.3 is 114 Å². The van der Waals surface area contributed by atoms with Gasteiger partial charge in [-0.25, -0.2) is 0 Å². The van der Waals surface area contributed by atoms with Gasteiger partial charge in [-0.1, -0.05) is 0 Å². The van der Waals surface area contributed by atoms with Crippen LogP contribution in [0.1, 0.15) is 26.3 Å². The van der Waals surface area contributed by atoms with Gasteiger partial charge in [0.15, 0.2) is 0 Å². The molecule has 0 saturated heterocycles. The van der Waals surface area contributed by atoms with Crippen LogP contribution >= 0.6 is 11.6 Å². The molecule has 1 rings (SSSR count). The molecule has 17 heavy (non-hydrogen) atoms. The molecule has 0 aliphatic carbocycles. The van der Waals surface area contributed by atoms with Gasteiger partial charge in [0.1, 0.15) is 0 Å². The zero-order chi connectivity index (χ0) is 12.7. The summed E-state index contributed by atoms with van der Waals surface area (Å²) in [5.74, 6) is 0. The van der Waals surface area contributed by atoms with E-state index in [9.17, 15) is 0 Å². The fourth-order valence-corrected chi connectivity index (χ4v) is 8.22. The van der Waals surface area contributed by atoms with Crippen LogP contribution in [-0.2, 0) is 6.42 Å². The molecule has 0 amide bonds.